The molecule has 0 bridgehead atoms. The number of nitrogens with one attached hydrogen (secondary N) is 2. The minimum atomic E-state index is -0.644. The van der Waals surface area contributed by atoms with Crippen molar-refractivity contribution in [2.24, 2.45) is 5.10 Å². The molecule has 0 unspecified atom stereocenters. The van der Waals surface area contributed by atoms with Crippen molar-refractivity contribution in [1.82, 2.24) is 5.43 Å². The topological polar surface area (TPSA) is 138 Å². The summed E-state index contributed by atoms with van der Waals surface area (Å²) in [5, 5.41) is 29.8. The Morgan fingerprint density at radius 3 is 2.71 bits per heavy atom. The van der Waals surface area contributed by atoms with Crippen LogP contribution in [-0.4, -0.2) is 37.3 Å². The lowest BCUT2D eigenvalue weighted by atomic mass is 10.1. The van der Waals surface area contributed by atoms with Gasteiger partial charge in [0.05, 0.1) is 43.2 Å². The lowest BCUT2D eigenvalue weighted by molar-refractivity contribution is -0.385. The van der Waals surface area contributed by atoms with E-state index in [0.717, 1.165) is 18.3 Å². The molecule has 28 heavy (non-hydrogen) atoms. The first-order chi connectivity index (χ1) is 13.5. The summed E-state index contributed by atoms with van der Waals surface area (Å²) in [4.78, 5) is 22.2. The lowest BCUT2D eigenvalue weighted by Gasteiger charge is -2.16. The number of non-ortho nitro benzene ring substituents is 1. The van der Waals surface area contributed by atoms with E-state index in [1.807, 2.05) is 0 Å². The standard InChI is InChI=1S/C18H20N4O6/c1-3-28-16-9-13(22(25)26)8-12(18(16)24)10-20-21-17(23)11-19-14-6-4-5-7-15(14)27-2/h4-10,19,24H,3,11H2,1-2H3,(H,21,23)/p-1. The zero-order valence-corrected chi connectivity index (χ0v) is 15.3. The van der Waals surface area contributed by atoms with Gasteiger partial charge in [-0.15, -0.1) is 0 Å². The quantitative estimate of drug-likeness (QED) is 0.379. The first-order valence-electron chi connectivity index (χ1n) is 8.27. The van der Waals surface area contributed by atoms with Gasteiger partial charge in [-0.05, 0) is 24.6 Å². The number of anilines is 1. The zero-order chi connectivity index (χ0) is 20.5. The molecule has 0 aliphatic rings. The highest BCUT2D eigenvalue weighted by Crippen LogP contribution is 2.31. The van der Waals surface area contributed by atoms with E-state index in [4.69, 9.17) is 9.47 Å². The average molecular weight is 387 g/mol. The first kappa shape index (κ1) is 20.5. The molecule has 0 aromatic heterocycles. The number of rotatable bonds is 9. The van der Waals surface area contributed by atoms with Gasteiger partial charge in [-0.25, -0.2) is 5.43 Å². The van der Waals surface area contributed by atoms with Gasteiger partial charge in [-0.3, -0.25) is 14.9 Å². The van der Waals surface area contributed by atoms with Crippen LogP contribution in [0.15, 0.2) is 41.5 Å². The number of nitro groups is 1. The Morgan fingerprint density at radius 1 is 1.29 bits per heavy atom. The summed E-state index contributed by atoms with van der Waals surface area (Å²) in [7, 11) is 1.51. The number of amides is 1. The van der Waals surface area contributed by atoms with Crippen molar-refractivity contribution in [3.05, 3.63) is 52.1 Å². The van der Waals surface area contributed by atoms with E-state index in [0.29, 0.717) is 11.4 Å². The van der Waals surface area contributed by atoms with Gasteiger partial charge in [-0.1, -0.05) is 17.9 Å². The van der Waals surface area contributed by atoms with Crippen LogP contribution in [-0.2, 0) is 4.79 Å². The molecule has 0 aliphatic heterocycles. The number of carbonyl (C=O) groups is 1. The lowest BCUT2D eigenvalue weighted by Crippen LogP contribution is -2.26. The van der Waals surface area contributed by atoms with E-state index in [9.17, 15) is 20.0 Å². The summed E-state index contributed by atoms with van der Waals surface area (Å²) < 4.78 is 10.3. The van der Waals surface area contributed by atoms with Gasteiger partial charge >= 0.3 is 0 Å². The Hall–Kier alpha value is -3.82. The van der Waals surface area contributed by atoms with Gasteiger partial charge in [0.1, 0.15) is 11.5 Å². The number of carbonyl (C=O) groups excluding carboxylic acids is 1. The summed E-state index contributed by atoms with van der Waals surface area (Å²) in [6, 6.07) is 9.19. The second-order valence-corrected chi connectivity index (χ2v) is 5.40. The van der Waals surface area contributed by atoms with Crippen LogP contribution in [0, 0.1) is 10.1 Å². The van der Waals surface area contributed by atoms with Gasteiger partial charge in [0.25, 0.3) is 11.6 Å². The van der Waals surface area contributed by atoms with Crippen LogP contribution in [0.25, 0.3) is 0 Å². The summed E-state index contributed by atoms with van der Waals surface area (Å²) in [5.74, 6) is -0.611. The minimum Gasteiger partial charge on any atom is -0.870 e. The monoisotopic (exact) mass is 387 g/mol. The van der Waals surface area contributed by atoms with Crippen molar-refractivity contribution in [3.63, 3.8) is 0 Å². The average Bonchev–Trinajstić information content (AvgIpc) is 2.69. The zero-order valence-electron chi connectivity index (χ0n) is 15.3. The predicted molar refractivity (Wildman–Crippen MR) is 101 cm³/mol. The Kier molecular flexibility index (Phi) is 7.14. The van der Waals surface area contributed by atoms with Crippen LogP contribution in [0.3, 0.4) is 0 Å². The number of para-hydroxylation sites is 2. The van der Waals surface area contributed by atoms with Crippen LogP contribution in [0.4, 0.5) is 11.4 Å². The fraction of sp³-hybridized carbons (Fsp3) is 0.222. The van der Waals surface area contributed by atoms with Gasteiger partial charge in [-0.2, -0.15) is 5.10 Å². The third kappa shape index (κ3) is 5.34. The van der Waals surface area contributed by atoms with Gasteiger partial charge in [0.2, 0.25) is 0 Å². The molecule has 0 atom stereocenters. The van der Waals surface area contributed by atoms with E-state index in [1.165, 1.54) is 7.11 Å². The second kappa shape index (κ2) is 9.76. The molecule has 0 saturated carbocycles. The number of nitro benzene ring substituents is 1. The molecule has 0 spiro atoms. The van der Waals surface area contributed by atoms with Crippen LogP contribution in [0.1, 0.15) is 12.5 Å². The van der Waals surface area contributed by atoms with Crippen molar-refractivity contribution >= 4 is 23.5 Å². The first-order valence-corrected chi connectivity index (χ1v) is 8.27. The number of hydrogen-bond donors (Lipinski definition) is 2. The smallest absolute Gasteiger partial charge is 0.273 e. The van der Waals surface area contributed by atoms with Crippen LogP contribution >= 0.6 is 0 Å². The predicted octanol–water partition coefficient (Wildman–Crippen LogP) is 1.64. The molecule has 0 fully saturated rings. The fourth-order valence-corrected chi connectivity index (χ4v) is 2.25. The summed E-state index contributed by atoms with van der Waals surface area (Å²) in [6.07, 6.45) is 1.04. The normalized spacial score (nSPS) is 10.5. The van der Waals surface area contributed by atoms with E-state index in [-0.39, 0.29) is 30.2 Å². The van der Waals surface area contributed by atoms with E-state index in [1.54, 1.807) is 31.2 Å². The maximum absolute atomic E-state index is 12.2. The number of hydrazone groups is 1. The third-order valence-corrected chi connectivity index (χ3v) is 3.52. The Bertz CT molecular complexity index is 884. The second-order valence-electron chi connectivity index (χ2n) is 5.40. The molecule has 10 nitrogen and oxygen atoms in total. The van der Waals surface area contributed by atoms with Crippen LogP contribution < -0.4 is 25.3 Å². The molecule has 0 heterocycles. The Labute approximate surface area is 160 Å². The molecule has 2 aromatic rings. The maximum Gasteiger partial charge on any atom is 0.273 e. The molecule has 2 rings (SSSR count). The minimum absolute atomic E-state index is 0.0735. The SMILES string of the molecule is CCOc1cc([N+](=O)[O-])cc(C=NNC(=O)CNc2ccccc2OC)c1[O-]. The molecule has 0 radical (unpaired) electrons. The number of benzene rings is 2. The molecule has 1 amide bonds. The molecular weight excluding hydrogens is 368 g/mol. The number of nitrogens with zero attached hydrogens (tertiary/aromatic N) is 2. The number of ether oxygens (including phenoxy) is 2. The molecule has 10 heteroatoms. The van der Waals surface area contributed by atoms with Crippen LogP contribution in [0.5, 0.6) is 17.2 Å². The highest BCUT2D eigenvalue weighted by molar-refractivity contribution is 5.88. The van der Waals surface area contributed by atoms with E-state index >= 15 is 0 Å². The molecule has 0 saturated heterocycles. The van der Waals surface area contributed by atoms with Gasteiger partial charge in [0.15, 0.2) is 0 Å². The Balaban J connectivity index is 2.03. The van der Waals surface area contributed by atoms with E-state index in [2.05, 4.69) is 15.8 Å². The van der Waals surface area contributed by atoms with Crippen molar-refractivity contribution in [2.45, 2.75) is 6.92 Å². The summed E-state index contributed by atoms with van der Waals surface area (Å²) in [6.45, 7) is 1.74. The third-order valence-electron chi connectivity index (χ3n) is 3.52. The van der Waals surface area contributed by atoms with Crippen molar-refractivity contribution in [2.75, 3.05) is 25.6 Å². The van der Waals surface area contributed by atoms with Crippen LogP contribution in [0.2, 0.25) is 0 Å². The Morgan fingerprint density at radius 2 is 2.04 bits per heavy atom. The van der Waals surface area contributed by atoms with E-state index < -0.39 is 16.6 Å². The van der Waals surface area contributed by atoms with Gasteiger partial charge in [0, 0.05) is 6.07 Å². The molecule has 148 valence electrons. The molecule has 2 aromatic carbocycles. The molecule has 0 aliphatic carbocycles. The van der Waals surface area contributed by atoms with Crippen molar-refractivity contribution in [1.29, 1.82) is 0 Å². The van der Waals surface area contributed by atoms with Gasteiger partial charge < -0.3 is 19.9 Å². The van der Waals surface area contributed by atoms with Crippen molar-refractivity contribution < 1.29 is 24.3 Å². The molecule has 2 N–H and O–H groups in total. The number of methoxy groups -OCH3 is 1. The summed E-state index contributed by atoms with van der Waals surface area (Å²) in [5.41, 5.74) is 2.49. The fourth-order valence-electron chi connectivity index (χ4n) is 2.25. The maximum atomic E-state index is 12.2. The highest BCUT2D eigenvalue weighted by Gasteiger charge is 2.12. The largest absolute Gasteiger partial charge is 0.870 e. The molecular formula is C18H19N4O6-. The number of hydrogen-bond acceptors (Lipinski definition) is 8. The van der Waals surface area contributed by atoms with Crippen molar-refractivity contribution in [3.8, 4) is 17.2 Å². The summed E-state index contributed by atoms with van der Waals surface area (Å²) >= 11 is 0. The highest BCUT2D eigenvalue weighted by atomic mass is 16.6.